The molecule has 0 amide bonds. The maximum absolute atomic E-state index is 5.83. The number of ether oxygens (including phenoxy) is 3. The third-order valence-corrected chi connectivity index (χ3v) is 5.52. The maximum Gasteiger partial charge on any atom is 0.191 e. The molecule has 1 heterocycles. The lowest BCUT2D eigenvalue weighted by atomic mass is 10.1. The van der Waals surface area contributed by atoms with Crippen molar-refractivity contribution in [1.82, 2.24) is 15.5 Å². The molecule has 0 saturated carbocycles. The summed E-state index contributed by atoms with van der Waals surface area (Å²) in [4.78, 5) is 6.79. The Hall–Kier alpha value is -2.77. The molecule has 174 valence electrons. The smallest absolute Gasteiger partial charge is 0.191 e. The van der Waals surface area contributed by atoms with Gasteiger partial charge in [0.25, 0.3) is 0 Å². The zero-order valence-corrected chi connectivity index (χ0v) is 19.9. The van der Waals surface area contributed by atoms with Gasteiger partial charge in [-0.05, 0) is 42.7 Å². The Morgan fingerprint density at radius 2 is 1.47 bits per heavy atom. The van der Waals surface area contributed by atoms with Crippen molar-refractivity contribution in [2.75, 3.05) is 34.4 Å². The van der Waals surface area contributed by atoms with Crippen molar-refractivity contribution in [3.8, 4) is 11.5 Å². The first-order valence-electron chi connectivity index (χ1n) is 11.1. The van der Waals surface area contributed by atoms with Crippen LogP contribution in [0.15, 0.2) is 47.5 Å². The molecule has 7 heteroatoms. The number of rotatable bonds is 8. The van der Waals surface area contributed by atoms with Gasteiger partial charge in [-0.3, -0.25) is 9.89 Å². The van der Waals surface area contributed by atoms with Gasteiger partial charge in [0.1, 0.15) is 0 Å². The molecule has 1 aliphatic heterocycles. The highest BCUT2D eigenvalue weighted by Gasteiger charge is 2.21. The van der Waals surface area contributed by atoms with E-state index in [0.29, 0.717) is 25.3 Å². The fraction of sp³-hybridized carbons (Fsp3) is 0.480. The lowest BCUT2D eigenvalue weighted by Gasteiger charge is -2.35. The van der Waals surface area contributed by atoms with Gasteiger partial charge in [0.15, 0.2) is 17.5 Å². The van der Waals surface area contributed by atoms with Gasteiger partial charge < -0.3 is 24.8 Å². The minimum atomic E-state index is 0.292. The van der Waals surface area contributed by atoms with Gasteiger partial charge in [0.05, 0.1) is 26.4 Å². The lowest BCUT2D eigenvalue weighted by molar-refractivity contribution is -0.0704. The molecule has 7 nitrogen and oxygen atoms in total. The summed E-state index contributed by atoms with van der Waals surface area (Å²) < 4.78 is 16.5. The second kappa shape index (κ2) is 11.7. The number of guanidine groups is 1. The second-order valence-corrected chi connectivity index (χ2v) is 8.24. The van der Waals surface area contributed by atoms with Gasteiger partial charge in [-0.15, -0.1) is 0 Å². The van der Waals surface area contributed by atoms with E-state index in [1.165, 1.54) is 11.1 Å². The predicted molar refractivity (Wildman–Crippen MR) is 128 cm³/mol. The third-order valence-electron chi connectivity index (χ3n) is 5.52. The number of nitrogens with zero attached hydrogens (tertiary/aromatic N) is 2. The predicted octanol–water partition coefficient (Wildman–Crippen LogP) is 3.18. The molecule has 1 aliphatic rings. The Balaban J connectivity index is 1.47. The summed E-state index contributed by atoms with van der Waals surface area (Å²) in [6.45, 7) is 8.55. The topological polar surface area (TPSA) is 67.4 Å². The van der Waals surface area contributed by atoms with E-state index < -0.39 is 0 Å². The maximum atomic E-state index is 5.83. The Kier molecular flexibility index (Phi) is 8.76. The van der Waals surface area contributed by atoms with Gasteiger partial charge in [0, 0.05) is 39.8 Å². The van der Waals surface area contributed by atoms with Gasteiger partial charge in [-0.2, -0.15) is 0 Å². The van der Waals surface area contributed by atoms with Crippen LogP contribution in [0.4, 0.5) is 0 Å². The molecule has 0 radical (unpaired) electrons. The summed E-state index contributed by atoms with van der Waals surface area (Å²) in [5.74, 6) is 2.19. The summed E-state index contributed by atoms with van der Waals surface area (Å²) in [7, 11) is 5.05. The minimum absolute atomic E-state index is 0.292. The number of hydrogen-bond acceptors (Lipinski definition) is 5. The van der Waals surface area contributed by atoms with Crippen LogP contribution in [0.1, 0.15) is 30.5 Å². The van der Waals surface area contributed by atoms with Crippen molar-refractivity contribution >= 4 is 5.96 Å². The first kappa shape index (κ1) is 23.9. The summed E-state index contributed by atoms with van der Waals surface area (Å²) >= 11 is 0. The summed E-state index contributed by atoms with van der Waals surface area (Å²) in [6, 6.07) is 14.7. The first-order chi connectivity index (χ1) is 15.5. The van der Waals surface area contributed by atoms with Gasteiger partial charge in [-0.25, -0.2) is 0 Å². The van der Waals surface area contributed by atoms with Crippen LogP contribution in [0, 0.1) is 0 Å². The summed E-state index contributed by atoms with van der Waals surface area (Å²) in [6.07, 6.45) is 0.584. The van der Waals surface area contributed by atoms with Crippen LogP contribution in [0.2, 0.25) is 0 Å². The summed E-state index contributed by atoms with van der Waals surface area (Å²) in [5.41, 5.74) is 3.62. The third kappa shape index (κ3) is 6.87. The molecule has 2 unspecified atom stereocenters. The molecule has 1 fully saturated rings. The minimum Gasteiger partial charge on any atom is -0.493 e. The Bertz CT molecular complexity index is 875. The van der Waals surface area contributed by atoms with Crippen molar-refractivity contribution in [2.24, 2.45) is 4.99 Å². The number of aliphatic imine (C=N–C) groups is 1. The van der Waals surface area contributed by atoms with Crippen LogP contribution in [-0.2, 0) is 24.4 Å². The van der Waals surface area contributed by atoms with E-state index in [1.807, 2.05) is 18.2 Å². The Morgan fingerprint density at radius 1 is 0.906 bits per heavy atom. The number of methoxy groups -OCH3 is 2. The highest BCUT2D eigenvalue weighted by Crippen LogP contribution is 2.27. The molecule has 3 rings (SSSR count). The van der Waals surface area contributed by atoms with Crippen LogP contribution < -0.4 is 20.1 Å². The van der Waals surface area contributed by atoms with Crippen molar-refractivity contribution in [3.63, 3.8) is 0 Å². The fourth-order valence-corrected chi connectivity index (χ4v) is 4.02. The molecule has 2 aromatic carbocycles. The summed E-state index contributed by atoms with van der Waals surface area (Å²) in [5, 5.41) is 6.72. The largest absolute Gasteiger partial charge is 0.493 e. The van der Waals surface area contributed by atoms with Gasteiger partial charge >= 0.3 is 0 Å². The molecule has 2 atom stereocenters. The fourth-order valence-electron chi connectivity index (χ4n) is 4.02. The van der Waals surface area contributed by atoms with E-state index in [4.69, 9.17) is 14.2 Å². The number of benzene rings is 2. The van der Waals surface area contributed by atoms with Crippen molar-refractivity contribution < 1.29 is 14.2 Å². The van der Waals surface area contributed by atoms with Crippen LogP contribution in [0.25, 0.3) is 0 Å². The molecule has 0 aliphatic carbocycles. The number of morpholine rings is 1. The molecule has 2 N–H and O–H groups in total. The zero-order chi connectivity index (χ0) is 22.9. The molecule has 2 aromatic rings. The van der Waals surface area contributed by atoms with Gasteiger partial charge in [0.2, 0.25) is 0 Å². The Morgan fingerprint density at radius 3 is 2.06 bits per heavy atom. The zero-order valence-electron chi connectivity index (χ0n) is 19.9. The molecule has 1 saturated heterocycles. The average molecular weight is 441 g/mol. The van der Waals surface area contributed by atoms with Crippen LogP contribution >= 0.6 is 0 Å². The SMILES string of the molecule is CN=C(NCc1ccc(CN2CC(C)OC(C)C2)cc1)NCc1ccc(OC)c(OC)c1. The lowest BCUT2D eigenvalue weighted by Crippen LogP contribution is -2.44. The van der Waals surface area contributed by atoms with E-state index in [1.54, 1.807) is 21.3 Å². The van der Waals surface area contributed by atoms with Crippen LogP contribution in [-0.4, -0.2) is 57.4 Å². The van der Waals surface area contributed by atoms with Crippen molar-refractivity contribution in [2.45, 2.75) is 45.7 Å². The van der Waals surface area contributed by atoms with Gasteiger partial charge in [-0.1, -0.05) is 30.3 Å². The van der Waals surface area contributed by atoms with Crippen LogP contribution in [0.5, 0.6) is 11.5 Å². The molecule has 0 spiro atoms. The second-order valence-electron chi connectivity index (χ2n) is 8.24. The number of nitrogens with one attached hydrogen (secondary N) is 2. The van der Waals surface area contributed by atoms with E-state index in [9.17, 15) is 0 Å². The van der Waals surface area contributed by atoms with Crippen LogP contribution in [0.3, 0.4) is 0 Å². The quantitative estimate of drug-likeness (QED) is 0.486. The molecular weight excluding hydrogens is 404 g/mol. The normalized spacial score (nSPS) is 19.5. The molecule has 32 heavy (non-hydrogen) atoms. The van der Waals surface area contributed by atoms with E-state index in [0.717, 1.165) is 42.7 Å². The molecular formula is C25H36N4O3. The van der Waals surface area contributed by atoms with Crippen molar-refractivity contribution in [3.05, 3.63) is 59.2 Å². The average Bonchev–Trinajstić information content (AvgIpc) is 2.79. The monoisotopic (exact) mass is 440 g/mol. The first-order valence-corrected chi connectivity index (χ1v) is 11.1. The molecule has 0 bridgehead atoms. The highest BCUT2D eigenvalue weighted by atomic mass is 16.5. The van der Waals surface area contributed by atoms with E-state index >= 15 is 0 Å². The number of hydrogen-bond donors (Lipinski definition) is 2. The Labute approximate surface area is 191 Å². The highest BCUT2D eigenvalue weighted by molar-refractivity contribution is 5.79. The van der Waals surface area contributed by atoms with E-state index in [-0.39, 0.29) is 0 Å². The van der Waals surface area contributed by atoms with E-state index in [2.05, 4.69) is 58.6 Å². The standard InChI is InChI=1S/C25H36N4O3/c1-18-15-29(16-19(2)32-18)17-21-8-6-20(7-9-21)13-27-25(26-3)28-14-22-10-11-23(30-4)24(12-22)31-5/h6-12,18-19H,13-17H2,1-5H3,(H2,26,27,28). The van der Waals surface area contributed by atoms with Crippen molar-refractivity contribution in [1.29, 1.82) is 0 Å². The molecule has 0 aromatic heterocycles.